The van der Waals surface area contributed by atoms with Gasteiger partial charge in [0.2, 0.25) is 0 Å². The minimum absolute atomic E-state index is 0.125. The van der Waals surface area contributed by atoms with E-state index in [0.29, 0.717) is 0 Å². The number of thiophene rings is 1. The highest BCUT2D eigenvalue weighted by molar-refractivity contribution is 9.10. The first-order valence-corrected chi connectivity index (χ1v) is 7.93. The van der Waals surface area contributed by atoms with Crippen LogP contribution in [0.3, 0.4) is 0 Å². The first-order valence-electron chi connectivity index (χ1n) is 5.94. The Hall–Kier alpha value is -0.950. The summed E-state index contributed by atoms with van der Waals surface area (Å²) in [5, 5.41) is 13.9. The first kappa shape index (κ1) is 15.4. The molecule has 0 radical (unpaired) electrons. The molecule has 0 bridgehead atoms. The Kier molecular flexibility index (Phi) is 5.54. The van der Waals surface area contributed by atoms with Gasteiger partial charge in [0.25, 0.3) is 5.69 Å². The molecule has 0 spiro atoms. The maximum atomic E-state index is 10.5. The minimum Gasteiger partial charge on any atom is -0.312 e. The summed E-state index contributed by atoms with van der Waals surface area (Å²) in [5.41, 5.74) is 1.20. The third kappa shape index (κ3) is 4.28. The second kappa shape index (κ2) is 7.17. The molecule has 0 aliphatic rings. The van der Waals surface area contributed by atoms with Crippen molar-refractivity contribution in [1.29, 1.82) is 0 Å². The molecule has 4 nitrogen and oxygen atoms in total. The molecular formula is C13H12BrClN2O2S. The van der Waals surface area contributed by atoms with Crippen molar-refractivity contribution >= 4 is 44.6 Å². The lowest BCUT2D eigenvalue weighted by atomic mass is 10.1. The molecule has 0 amide bonds. The maximum absolute atomic E-state index is 10.5. The number of benzene rings is 1. The van der Waals surface area contributed by atoms with E-state index in [1.165, 1.54) is 17.0 Å². The molecule has 0 saturated heterocycles. The topological polar surface area (TPSA) is 55.2 Å². The van der Waals surface area contributed by atoms with E-state index in [1.54, 1.807) is 23.5 Å². The van der Waals surface area contributed by atoms with Gasteiger partial charge in [0.05, 0.1) is 4.92 Å². The van der Waals surface area contributed by atoms with Gasteiger partial charge in [-0.3, -0.25) is 10.1 Å². The summed E-state index contributed by atoms with van der Waals surface area (Å²) in [4.78, 5) is 11.3. The van der Waals surface area contributed by atoms with Crippen LogP contribution in [-0.4, -0.2) is 11.5 Å². The molecule has 1 N–H and O–H groups in total. The van der Waals surface area contributed by atoms with Crippen LogP contribution in [-0.2, 0) is 13.0 Å². The minimum atomic E-state index is -0.388. The molecule has 2 rings (SSSR count). The van der Waals surface area contributed by atoms with Gasteiger partial charge in [0.15, 0.2) is 0 Å². The normalized spacial score (nSPS) is 10.7. The fourth-order valence-electron chi connectivity index (χ4n) is 1.71. The van der Waals surface area contributed by atoms with E-state index in [2.05, 4.69) is 21.2 Å². The lowest BCUT2D eigenvalue weighted by molar-refractivity contribution is -0.384. The van der Waals surface area contributed by atoms with Crippen molar-refractivity contribution in [1.82, 2.24) is 5.32 Å². The van der Waals surface area contributed by atoms with E-state index in [9.17, 15) is 10.1 Å². The van der Waals surface area contributed by atoms with Gasteiger partial charge in [-0.25, -0.2) is 0 Å². The number of nitrogens with one attached hydrogen (secondary N) is 1. The van der Waals surface area contributed by atoms with E-state index < -0.39 is 0 Å². The lowest BCUT2D eigenvalue weighted by Gasteiger charge is -2.03. The quantitative estimate of drug-likeness (QED) is 0.462. The number of non-ortho nitro benzene ring substituents is 1. The van der Waals surface area contributed by atoms with Crippen LogP contribution in [0.2, 0.25) is 4.34 Å². The zero-order chi connectivity index (χ0) is 14.5. The molecule has 1 aromatic carbocycles. The number of nitro groups is 1. The van der Waals surface area contributed by atoms with Crippen LogP contribution >= 0.6 is 38.9 Å². The van der Waals surface area contributed by atoms with Gasteiger partial charge in [0.1, 0.15) is 4.34 Å². The highest BCUT2D eigenvalue weighted by atomic mass is 79.9. The first-order chi connectivity index (χ1) is 9.56. The van der Waals surface area contributed by atoms with Gasteiger partial charge < -0.3 is 5.32 Å². The number of rotatable bonds is 6. The Balaban J connectivity index is 1.77. The summed E-state index contributed by atoms with van der Waals surface area (Å²) in [6, 6.07) is 8.65. The molecule has 7 heteroatoms. The van der Waals surface area contributed by atoms with Gasteiger partial charge in [-0.2, -0.15) is 0 Å². The lowest BCUT2D eigenvalue weighted by Crippen LogP contribution is -2.15. The molecule has 0 aliphatic carbocycles. The third-order valence-electron chi connectivity index (χ3n) is 2.73. The maximum Gasteiger partial charge on any atom is 0.269 e. The van der Waals surface area contributed by atoms with Crippen molar-refractivity contribution in [3.63, 3.8) is 0 Å². The summed E-state index contributed by atoms with van der Waals surface area (Å²) in [6.07, 6.45) is 0.832. The summed E-state index contributed by atoms with van der Waals surface area (Å²) in [7, 11) is 0. The van der Waals surface area contributed by atoms with Crippen LogP contribution in [0.1, 0.15) is 10.4 Å². The number of hydrogen-bond acceptors (Lipinski definition) is 4. The fraction of sp³-hybridized carbons (Fsp3) is 0.231. The van der Waals surface area contributed by atoms with Gasteiger partial charge in [-0.1, -0.05) is 23.7 Å². The third-order valence-corrected chi connectivity index (χ3v) is 5.21. The monoisotopic (exact) mass is 374 g/mol. The van der Waals surface area contributed by atoms with Crippen LogP contribution in [0.15, 0.2) is 34.8 Å². The molecule has 106 valence electrons. The van der Waals surface area contributed by atoms with E-state index >= 15 is 0 Å². The zero-order valence-corrected chi connectivity index (χ0v) is 13.6. The van der Waals surface area contributed by atoms with Crippen LogP contribution in [0.4, 0.5) is 5.69 Å². The largest absolute Gasteiger partial charge is 0.312 e. The van der Waals surface area contributed by atoms with E-state index in [-0.39, 0.29) is 10.6 Å². The molecule has 0 aliphatic heterocycles. The van der Waals surface area contributed by atoms with Crippen LogP contribution in [0.5, 0.6) is 0 Å². The summed E-state index contributed by atoms with van der Waals surface area (Å²) in [5.74, 6) is 0. The Morgan fingerprint density at radius 2 is 2.05 bits per heavy atom. The summed E-state index contributed by atoms with van der Waals surface area (Å²) >= 11 is 10.9. The molecule has 1 aromatic heterocycles. The molecule has 0 fully saturated rings. The Morgan fingerprint density at radius 1 is 1.35 bits per heavy atom. The standard InChI is InChI=1S/C13H12BrClN2O2S/c14-12-7-11(20-13(12)15)8-16-6-5-9-1-3-10(4-2-9)17(18)19/h1-4,7,16H,5-6,8H2. The van der Waals surface area contributed by atoms with Crippen molar-refractivity contribution < 1.29 is 4.92 Å². The average molecular weight is 376 g/mol. The van der Waals surface area contributed by atoms with E-state index in [0.717, 1.165) is 33.9 Å². The van der Waals surface area contributed by atoms with E-state index in [4.69, 9.17) is 11.6 Å². The van der Waals surface area contributed by atoms with Crippen LogP contribution < -0.4 is 5.32 Å². The predicted molar refractivity (Wildman–Crippen MR) is 85.5 cm³/mol. The molecule has 0 atom stereocenters. The summed E-state index contributed by atoms with van der Waals surface area (Å²) in [6.45, 7) is 1.58. The molecule has 20 heavy (non-hydrogen) atoms. The molecule has 0 saturated carbocycles. The predicted octanol–water partition coefficient (Wildman–Crippen LogP) is 4.40. The van der Waals surface area contributed by atoms with Gasteiger partial charge in [0, 0.05) is 28.0 Å². The number of nitro benzene ring substituents is 1. The molecule has 2 aromatic rings. The zero-order valence-electron chi connectivity index (χ0n) is 10.4. The Morgan fingerprint density at radius 3 is 2.60 bits per heavy atom. The smallest absolute Gasteiger partial charge is 0.269 e. The number of hydrogen-bond donors (Lipinski definition) is 1. The number of nitrogens with zero attached hydrogens (tertiary/aromatic N) is 1. The summed E-state index contributed by atoms with van der Waals surface area (Å²) < 4.78 is 1.69. The van der Waals surface area contributed by atoms with Crippen molar-refractivity contribution in [2.45, 2.75) is 13.0 Å². The highest BCUT2D eigenvalue weighted by Gasteiger charge is 2.05. The van der Waals surface area contributed by atoms with E-state index in [1.807, 2.05) is 6.07 Å². The van der Waals surface area contributed by atoms with Crippen LogP contribution in [0.25, 0.3) is 0 Å². The highest BCUT2D eigenvalue weighted by Crippen LogP contribution is 2.31. The van der Waals surface area contributed by atoms with Gasteiger partial charge in [-0.15, -0.1) is 11.3 Å². The van der Waals surface area contributed by atoms with Gasteiger partial charge >= 0.3 is 0 Å². The second-order valence-electron chi connectivity index (χ2n) is 4.18. The Bertz CT molecular complexity index is 581. The molecule has 1 heterocycles. The SMILES string of the molecule is O=[N+]([O-])c1ccc(CCNCc2cc(Br)c(Cl)s2)cc1. The average Bonchev–Trinajstić information content (AvgIpc) is 2.74. The molecule has 0 unspecified atom stereocenters. The van der Waals surface area contributed by atoms with Gasteiger partial charge in [-0.05, 0) is 40.5 Å². The second-order valence-corrected chi connectivity index (χ2v) is 6.78. The van der Waals surface area contributed by atoms with Crippen molar-refractivity contribution in [3.05, 3.63) is 59.7 Å². The fourth-order valence-corrected chi connectivity index (χ4v) is 3.47. The number of halogens is 2. The van der Waals surface area contributed by atoms with Crippen molar-refractivity contribution in [3.8, 4) is 0 Å². The van der Waals surface area contributed by atoms with Crippen LogP contribution in [0, 0.1) is 10.1 Å². The molecular weight excluding hydrogens is 364 g/mol. The van der Waals surface area contributed by atoms with Crippen molar-refractivity contribution in [2.24, 2.45) is 0 Å². The Labute approximate surface area is 134 Å². The van der Waals surface area contributed by atoms with Crippen molar-refractivity contribution in [2.75, 3.05) is 6.54 Å².